The highest BCUT2D eigenvalue weighted by Crippen LogP contribution is 2.37. The molecule has 0 aromatic heterocycles. The van der Waals surface area contributed by atoms with Crippen LogP contribution in [0.4, 0.5) is 0 Å². The van der Waals surface area contributed by atoms with Gasteiger partial charge in [0.2, 0.25) is 0 Å². The molecule has 0 radical (unpaired) electrons. The van der Waals surface area contributed by atoms with Crippen molar-refractivity contribution in [2.75, 3.05) is 0 Å². The largest absolute Gasteiger partial charge is 0.489 e. The summed E-state index contributed by atoms with van der Waals surface area (Å²) in [6.45, 7) is 0.546. The molecule has 0 bridgehead atoms. The summed E-state index contributed by atoms with van der Waals surface area (Å²) in [6, 6.07) is 16.1. The van der Waals surface area contributed by atoms with Gasteiger partial charge in [-0.15, -0.1) is 0 Å². The van der Waals surface area contributed by atoms with Gasteiger partial charge in [-0.1, -0.05) is 42.5 Å². The molecule has 0 amide bonds. The van der Waals surface area contributed by atoms with E-state index in [0.29, 0.717) is 6.61 Å². The van der Waals surface area contributed by atoms with Gasteiger partial charge in [-0.2, -0.15) is 0 Å². The van der Waals surface area contributed by atoms with E-state index in [-0.39, 0.29) is 6.10 Å². The van der Waals surface area contributed by atoms with Crippen LogP contribution in [0.15, 0.2) is 48.5 Å². The number of hydrogen-bond donors (Lipinski definition) is 1. The van der Waals surface area contributed by atoms with E-state index in [9.17, 15) is 5.11 Å². The smallest absolute Gasteiger partial charge is 0.125 e. The Hall–Kier alpha value is -1.80. The van der Waals surface area contributed by atoms with E-state index >= 15 is 0 Å². The van der Waals surface area contributed by atoms with Crippen LogP contribution < -0.4 is 4.74 Å². The average molecular weight is 240 g/mol. The predicted octanol–water partition coefficient (Wildman–Crippen LogP) is 3.25. The van der Waals surface area contributed by atoms with Crippen molar-refractivity contribution in [2.24, 2.45) is 0 Å². The number of fused-ring (bicyclic) bond motifs is 1. The topological polar surface area (TPSA) is 29.5 Å². The van der Waals surface area contributed by atoms with Gasteiger partial charge >= 0.3 is 0 Å². The normalized spacial score (nSPS) is 17.5. The fraction of sp³-hybridized carbons (Fsp3) is 0.250. The van der Waals surface area contributed by atoms with Gasteiger partial charge in [0.1, 0.15) is 12.4 Å². The van der Waals surface area contributed by atoms with Crippen LogP contribution in [0.3, 0.4) is 0 Å². The summed E-state index contributed by atoms with van der Waals surface area (Å²) in [5.74, 6) is 0.821. The third kappa shape index (κ3) is 2.12. The molecule has 92 valence electrons. The number of benzene rings is 2. The summed E-state index contributed by atoms with van der Waals surface area (Å²) in [5.41, 5.74) is 3.34. The summed E-state index contributed by atoms with van der Waals surface area (Å²) in [4.78, 5) is 0. The number of hydrogen-bond acceptors (Lipinski definition) is 2. The minimum absolute atomic E-state index is 0.369. The maximum Gasteiger partial charge on any atom is 0.125 e. The van der Waals surface area contributed by atoms with Crippen LogP contribution in [0.1, 0.15) is 29.2 Å². The molecule has 1 aliphatic rings. The minimum atomic E-state index is -0.369. The van der Waals surface area contributed by atoms with E-state index < -0.39 is 0 Å². The van der Waals surface area contributed by atoms with Gasteiger partial charge in [-0.05, 0) is 30.0 Å². The molecule has 2 nitrogen and oxygen atoms in total. The summed E-state index contributed by atoms with van der Waals surface area (Å²) in [6.07, 6.45) is 1.38. The predicted molar refractivity (Wildman–Crippen MR) is 70.5 cm³/mol. The molecule has 18 heavy (non-hydrogen) atoms. The summed E-state index contributed by atoms with van der Waals surface area (Å²) in [5, 5.41) is 9.98. The number of rotatable bonds is 3. The molecular formula is C16H16O2. The highest BCUT2D eigenvalue weighted by molar-refractivity contribution is 5.44. The number of ether oxygens (including phenoxy) is 1. The fourth-order valence-corrected chi connectivity index (χ4v) is 2.48. The molecule has 0 saturated carbocycles. The Morgan fingerprint density at radius 1 is 1.06 bits per heavy atom. The van der Waals surface area contributed by atoms with E-state index in [1.54, 1.807) is 0 Å². The standard InChI is InChI=1S/C16H16O2/c17-14-10-9-13-7-4-8-15(16(13)14)18-11-12-5-2-1-3-6-12/h1-8,14,17H,9-11H2/t14-/m1/s1. The number of aliphatic hydroxyl groups is 1. The Balaban J connectivity index is 1.80. The molecule has 0 heterocycles. The highest BCUT2D eigenvalue weighted by atomic mass is 16.5. The second-order valence-electron chi connectivity index (χ2n) is 4.66. The summed E-state index contributed by atoms with van der Waals surface area (Å²) >= 11 is 0. The van der Waals surface area contributed by atoms with Crippen LogP contribution in [-0.4, -0.2) is 5.11 Å². The van der Waals surface area contributed by atoms with Gasteiger partial charge in [0, 0.05) is 5.56 Å². The zero-order valence-electron chi connectivity index (χ0n) is 10.2. The lowest BCUT2D eigenvalue weighted by Crippen LogP contribution is -2.00. The van der Waals surface area contributed by atoms with E-state index in [1.165, 1.54) is 5.56 Å². The first kappa shape index (κ1) is 11.3. The molecule has 3 rings (SSSR count). The number of aryl methyl sites for hydroxylation is 1. The maximum atomic E-state index is 9.98. The molecule has 0 fully saturated rings. The van der Waals surface area contributed by atoms with Gasteiger partial charge < -0.3 is 9.84 Å². The van der Waals surface area contributed by atoms with Crippen molar-refractivity contribution in [3.05, 3.63) is 65.2 Å². The third-order valence-electron chi connectivity index (χ3n) is 3.41. The second kappa shape index (κ2) is 4.83. The molecule has 2 aromatic carbocycles. The molecule has 1 N–H and O–H groups in total. The molecular weight excluding hydrogens is 224 g/mol. The van der Waals surface area contributed by atoms with Crippen LogP contribution >= 0.6 is 0 Å². The van der Waals surface area contributed by atoms with Crippen molar-refractivity contribution in [3.8, 4) is 5.75 Å². The SMILES string of the molecule is O[C@@H]1CCc2cccc(OCc3ccccc3)c21. The monoisotopic (exact) mass is 240 g/mol. The Morgan fingerprint density at radius 3 is 2.72 bits per heavy atom. The minimum Gasteiger partial charge on any atom is -0.489 e. The van der Waals surface area contributed by atoms with Crippen molar-refractivity contribution in [2.45, 2.75) is 25.6 Å². The van der Waals surface area contributed by atoms with Crippen molar-refractivity contribution < 1.29 is 9.84 Å². The molecule has 2 aromatic rings. The van der Waals surface area contributed by atoms with Crippen molar-refractivity contribution in [3.63, 3.8) is 0 Å². The molecule has 2 heteroatoms. The van der Waals surface area contributed by atoms with Gasteiger partial charge in [-0.3, -0.25) is 0 Å². The van der Waals surface area contributed by atoms with Crippen LogP contribution in [0.25, 0.3) is 0 Å². The van der Waals surface area contributed by atoms with Crippen LogP contribution in [0, 0.1) is 0 Å². The molecule has 0 aliphatic heterocycles. The van der Waals surface area contributed by atoms with E-state index in [1.807, 2.05) is 42.5 Å². The van der Waals surface area contributed by atoms with Crippen molar-refractivity contribution >= 4 is 0 Å². The Kier molecular flexibility index (Phi) is 3.03. The lowest BCUT2D eigenvalue weighted by Gasteiger charge is -2.13. The first-order valence-corrected chi connectivity index (χ1v) is 6.31. The van der Waals surface area contributed by atoms with Gasteiger partial charge in [0.25, 0.3) is 0 Å². The Morgan fingerprint density at radius 2 is 1.89 bits per heavy atom. The highest BCUT2D eigenvalue weighted by Gasteiger charge is 2.23. The van der Waals surface area contributed by atoms with Gasteiger partial charge in [-0.25, -0.2) is 0 Å². The number of aliphatic hydroxyl groups excluding tert-OH is 1. The fourth-order valence-electron chi connectivity index (χ4n) is 2.48. The van der Waals surface area contributed by atoms with Gasteiger partial charge in [0.05, 0.1) is 6.10 Å². The van der Waals surface area contributed by atoms with E-state index in [2.05, 4.69) is 6.07 Å². The molecule has 0 unspecified atom stereocenters. The molecule has 1 atom stereocenters. The quantitative estimate of drug-likeness (QED) is 0.892. The zero-order chi connectivity index (χ0) is 12.4. The first-order valence-electron chi connectivity index (χ1n) is 6.31. The lowest BCUT2D eigenvalue weighted by molar-refractivity contribution is 0.173. The van der Waals surface area contributed by atoms with Crippen LogP contribution in [-0.2, 0) is 13.0 Å². The Bertz CT molecular complexity index is 534. The van der Waals surface area contributed by atoms with E-state index in [4.69, 9.17) is 4.74 Å². The maximum absolute atomic E-state index is 9.98. The van der Waals surface area contributed by atoms with Crippen molar-refractivity contribution in [1.29, 1.82) is 0 Å². The van der Waals surface area contributed by atoms with Gasteiger partial charge in [0.15, 0.2) is 0 Å². The second-order valence-corrected chi connectivity index (χ2v) is 4.66. The average Bonchev–Trinajstić information content (AvgIpc) is 2.80. The lowest BCUT2D eigenvalue weighted by atomic mass is 10.1. The first-order chi connectivity index (χ1) is 8.84. The summed E-state index contributed by atoms with van der Waals surface area (Å²) < 4.78 is 5.85. The zero-order valence-corrected chi connectivity index (χ0v) is 10.2. The third-order valence-corrected chi connectivity index (χ3v) is 3.41. The molecule has 0 spiro atoms. The van der Waals surface area contributed by atoms with E-state index in [0.717, 1.165) is 29.7 Å². The molecule has 0 saturated heterocycles. The van der Waals surface area contributed by atoms with Crippen LogP contribution in [0.2, 0.25) is 0 Å². The molecule has 1 aliphatic carbocycles. The van der Waals surface area contributed by atoms with Crippen LogP contribution in [0.5, 0.6) is 5.75 Å². The summed E-state index contributed by atoms with van der Waals surface area (Å²) in [7, 11) is 0. The van der Waals surface area contributed by atoms with Crippen molar-refractivity contribution in [1.82, 2.24) is 0 Å². The Labute approximate surface area is 107 Å².